The van der Waals surface area contributed by atoms with Crippen molar-refractivity contribution in [1.82, 2.24) is 0 Å². The molecule has 184 valence electrons. The highest BCUT2D eigenvalue weighted by Crippen LogP contribution is 2.46. The maximum atomic E-state index is 12.8. The van der Waals surface area contributed by atoms with Gasteiger partial charge < -0.3 is 9.47 Å². The lowest BCUT2D eigenvalue weighted by Crippen LogP contribution is -2.06. The van der Waals surface area contributed by atoms with Gasteiger partial charge in [0.15, 0.2) is 0 Å². The molecule has 0 amide bonds. The molecule has 0 radical (unpaired) electrons. The lowest BCUT2D eigenvalue weighted by molar-refractivity contribution is 0.0517. The number of carbonyl (C=O) groups excluding carboxylic acids is 2. The topological polar surface area (TPSA) is 52.6 Å². The van der Waals surface area contributed by atoms with E-state index in [9.17, 15) is 9.59 Å². The fourth-order valence-electron chi connectivity index (χ4n) is 5.06. The summed E-state index contributed by atoms with van der Waals surface area (Å²) >= 11 is 0. The molecule has 0 atom stereocenters. The molecule has 0 aliphatic rings. The quantitative estimate of drug-likeness (QED) is 0.180. The number of esters is 2. The summed E-state index contributed by atoms with van der Waals surface area (Å²) < 4.78 is 10.7. The summed E-state index contributed by atoms with van der Waals surface area (Å²) in [7, 11) is 0. The smallest absolute Gasteiger partial charge is 0.338 e. The molecule has 0 aromatic heterocycles. The largest absolute Gasteiger partial charge is 0.462 e. The van der Waals surface area contributed by atoms with Gasteiger partial charge in [0, 0.05) is 0 Å². The van der Waals surface area contributed by atoms with E-state index in [2.05, 4.69) is 24.3 Å². The third-order valence-electron chi connectivity index (χ3n) is 6.56. The first-order chi connectivity index (χ1) is 18.0. The second-order valence-corrected chi connectivity index (χ2v) is 8.90. The van der Waals surface area contributed by atoms with Crippen molar-refractivity contribution < 1.29 is 19.1 Å². The third kappa shape index (κ3) is 4.47. The Balaban J connectivity index is 2.00. The molecule has 0 unspecified atom stereocenters. The molecule has 0 saturated heterocycles. The Morgan fingerprint density at radius 3 is 1.68 bits per heavy atom. The lowest BCUT2D eigenvalue weighted by atomic mass is 9.83. The average molecular weight is 489 g/mol. The van der Waals surface area contributed by atoms with Gasteiger partial charge in [-0.05, 0) is 94.4 Å². The average Bonchev–Trinajstić information content (AvgIpc) is 2.93. The minimum Gasteiger partial charge on any atom is -0.462 e. The molecular formula is C33H28O4. The standard InChI is InChI=1S/C33H28O4/c1-4-36-32(34)24-16-17-26-27(19-24)30(22-12-8-6-9-13-22)31(23-14-10-7-11-15-23)28-20-25(33(35)37-5-2)18-21(3)29(26)28/h6-20H,4-5H2,1-3H3. The van der Waals surface area contributed by atoms with Crippen LogP contribution < -0.4 is 0 Å². The Labute approximate surface area is 216 Å². The van der Waals surface area contributed by atoms with Crippen LogP contribution in [0.5, 0.6) is 0 Å². The Morgan fingerprint density at radius 1 is 0.595 bits per heavy atom. The van der Waals surface area contributed by atoms with Gasteiger partial charge in [-0.3, -0.25) is 0 Å². The first kappa shape index (κ1) is 24.3. The number of fused-ring (bicyclic) bond motifs is 3. The van der Waals surface area contributed by atoms with Crippen molar-refractivity contribution in [1.29, 1.82) is 0 Å². The zero-order chi connectivity index (χ0) is 25.9. The van der Waals surface area contributed by atoms with E-state index >= 15 is 0 Å². The van der Waals surface area contributed by atoms with Gasteiger partial charge in [0.25, 0.3) is 0 Å². The van der Waals surface area contributed by atoms with E-state index in [1.807, 2.05) is 80.6 Å². The number of carbonyl (C=O) groups is 2. The number of hydrogen-bond donors (Lipinski definition) is 0. The second kappa shape index (κ2) is 10.3. The third-order valence-corrected chi connectivity index (χ3v) is 6.56. The molecule has 0 saturated carbocycles. The summed E-state index contributed by atoms with van der Waals surface area (Å²) in [6.07, 6.45) is 0. The van der Waals surface area contributed by atoms with Gasteiger partial charge >= 0.3 is 11.9 Å². The summed E-state index contributed by atoms with van der Waals surface area (Å²) in [5.41, 5.74) is 6.04. The van der Waals surface area contributed by atoms with Gasteiger partial charge in [-0.2, -0.15) is 0 Å². The summed E-state index contributed by atoms with van der Waals surface area (Å²) in [6, 6.07) is 29.9. The molecule has 0 N–H and O–H groups in total. The number of ether oxygens (including phenoxy) is 2. The predicted octanol–water partition coefficient (Wildman–Crippen LogP) is 7.99. The molecule has 0 aliphatic heterocycles. The molecule has 0 spiro atoms. The predicted molar refractivity (Wildman–Crippen MR) is 149 cm³/mol. The Hall–Kier alpha value is -4.44. The van der Waals surface area contributed by atoms with Gasteiger partial charge in [-0.1, -0.05) is 66.7 Å². The molecular weight excluding hydrogens is 460 g/mol. The van der Waals surface area contributed by atoms with Gasteiger partial charge in [0.1, 0.15) is 0 Å². The highest BCUT2D eigenvalue weighted by molar-refractivity contribution is 6.24. The van der Waals surface area contributed by atoms with Crippen molar-refractivity contribution in [3.8, 4) is 22.3 Å². The minimum atomic E-state index is -0.348. The fourth-order valence-corrected chi connectivity index (χ4v) is 5.06. The maximum absolute atomic E-state index is 12.8. The van der Waals surface area contributed by atoms with Crippen molar-refractivity contribution in [2.24, 2.45) is 0 Å². The molecule has 5 aromatic rings. The zero-order valence-electron chi connectivity index (χ0n) is 21.2. The van der Waals surface area contributed by atoms with Crippen LogP contribution in [-0.4, -0.2) is 25.2 Å². The van der Waals surface area contributed by atoms with Crippen LogP contribution >= 0.6 is 0 Å². The van der Waals surface area contributed by atoms with Crippen molar-refractivity contribution in [2.75, 3.05) is 13.2 Å². The van der Waals surface area contributed by atoms with Crippen LogP contribution in [0, 0.1) is 6.92 Å². The highest BCUT2D eigenvalue weighted by atomic mass is 16.5. The summed E-state index contributed by atoms with van der Waals surface area (Å²) in [6.45, 7) is 6.25. The van der Waals surface area contributed by atoms with Crippen LogP contribution in [-0.2, 0) is 9.47 Å². The molecule has 0 fully saturated rings. The van der Waals surface area contributed by atoms with Crippen molar-refractivity contribution in [2.45, 2.75) is 20.8 Å². The van der Waals surface area contributed by atoms with Gasteiger partial charge in [0.05, 0.1) is 24.3 Å². The summed E-state index contributed by atoms with van der Waals surface area (Å²) in [4.78, 5) is 25.5. The van der Waals surface area contributed by atoms with Crippen LogP contribution in [0.25, 0.3) is 43.8 Å². The van der Waals surface area contributed by atoms with E-state index in [1.165, 1.54) is 0 Å². The molecule has 37 heavy (non-hydrogen) atoms. The fraction of sp³-hybridized carbons (Fsp3) is 0.152. The van der Waals surface area contributed by atoms with E-state index in [0.717, 1.165) is 49.4 Å². The van der Waals surface area contributed by atoms with E-state index < -0.39 is 0 Å². The SMILES string of the molecule is CCOC(=O)c1ccc2c(c1)c(-c1ccccc1)c(-c1ccccc1)c1cc(C(=O)OCC)cc(C)c12. The molecule has 5 rings (SSSR count). The maximum Gasteiger partial charge on any atom is 0.338 e. The molecule has 4 heteroatoms. The minimum absolute atomic E-state index is 0.311. The molecule has 0 aliphatic carbocycles. The van der Waals surface area contributed by atoms with Gasteiger partial charge in [0.2, 0.25) is 0 Å². The highest BCUT2D eigenvalue weighted by Gasteiger charge is 2.22. The Bertz CT molecular complexity index is 1620. The van der Waals surface area contributed by atoms with Gasteiger partial charge in [-0.25, -0.2) is 9.59 Å². The molecule has 4 nitrogen and oxygen atoms in total. The van der Waals surface area contributed by atoms with Crippen molar-refractivity contribution in [3.05, 3.63) is 108 Å². The Kier molecular flexibility index (Phi) is 6.74. The molecule has 5 aromatic carbocycles. The Morgan fingerprint density at radius 2 is 1.11 bits per heavy atom. The van der Waals surface area contributed by atoms with Crippen LogP contribution in [0.2, 0.25) is 0 Å². The summed E-state index contributed by atoms with van der Waals surface area (Å²) in [5.74, 6) is -0.690. The zero-order valence-corrected chi connectivity index (χ0v) is 21.2. The van der Waals surface area contributed by atoms with E-state index in [-0.39, 0.29) is 11.9 Å². The van der Waals surface area contributed by atoms with E-state index in [0.29, 0.717) is 24.3 Å². The first-order valence-corrected chi connectivity index (χ1v) is 12.5. The lowest BCUT2D eigenvalue weighted by Gasteiger charge is -2.21. The monoisotopic (exact) mass is 488 g/mol. The second-order valence-electron chi connectivity index (χ2n) is 8.90. The van der Waals surface area contributed by atoms with Gasteiger partial charge in [-0.15, -0.1) is 0 Å². The number of hydrogen-bond acceptors (Lipinski definition) is 4. The van der Waals surface area contributed by atoms with Crippen molar-refractivity contribution >= 4 is 33.5 Å². The molecule has 0 bridgehead atoms. The van der Waals surface area contributed by atoms with Crippen molar-refractivity contribution in [3.63, 3.8) is 0 Å². The number of rotatable bonds is 6. The first-order valence-electron chi connectivity index (χ1n) is 12.5. The van der Waals surface area contributed by atoms with Crippen LogP contribution in [0.3, 0.4) is 0 Å². The normalized spacial score (nSPS) is 11.0. The van der Waals surface area contributed by atoms with Crippen LogP contribution in [0.15, 0.2) is 91.0 Å². The van der Waals surface area contributed by atoms with E-state index in [1.54, 1.807) is 6.92 Å². The summed E-state index contributed by atoms with van der Waals surface area (Å²) in [5, 5.41) is 3.96. The van der Waals surface area contributed by atoms with Crippen LogP contribution in [0.1, 0.15) is 40.1 Å². The van der Waals surface area contributed by atoms with E-state index in [4.69, 9.17) is 9.47 Å². The number of benzene rings is 5. The number of aryl methyl sites for hydroxylation is 1. The molecule has 0 heterocycles. The van der Waals surface area contributed by atoms with Crippen LogP contribution in [0.4, 0.5) is 0 Å².